The standard InChI is InChI=1S/C12H17BrN2OS.ClH/c1-15(7-9-6-11(13)17-8-9)12(16)10-4-2-3-5-14-10;/h6,8,10,14H,2-5,7H2,1H3;1H. The molecule has 6 heteroatoms. The predicted octanol–water partition coefficient (Wildman–Crippen LogP) is 3.03. The van der Waals surface area contributed by atoms with Crippen LogP contribution in [0.25, 0.3) is 0 Å². The van der Waals surface area contributed by atoms with Gasteiger partial charge in [-0.2, -0.15) is 0 Å². The van der Waals surface area contributed by atoms with Gasteiger partial charge in [-0.05, 0) is 52.3 Å². The van der Waals surface area contributed by atoms with Crippen molar-refractivity contribution in [1.29, 1.82) is 0 Å². The van der Waals surface area contributed by atoms with Crippen molar-refractivity contribution in [2.45, 2.75) is 31.8 Å². The molecule has 0 saturated carbocycles. The van der Waals surface area contributed by atoms with Crippen molar-refractivity contribution in [2.75, 3.05) is 13.6 Å². The zero-order valence-electron chi connectivity index (χ0n) is 10.3. The molecule has 1 atom stereocenters. The first-order valence-electron chi connectivity index (χ1n) is 5.88. The minimum Gasteiger partial charge on any atom is -0.340 e. The quantitative estimate of drug-likeness (QED) is 0.906. The number of piperidine rings is 1. The number of carbonyl (C=O) groups is 1. The van der Waals surface area contributed by atoms with Crippen LogP contribution in [0.1, 0.15) is 24.8 Å². The van der Waals surface area contributed by atoms with Crippen molar-refractivity contribution in [3.63, 3.8) is 0 Å². The molecule has 0 aliphatic carbocycles. The van der Waals surface area contributed by atoms with Crippen LogP contribution >= 0.6 is 39.7 Å². The van der Waals surface area contributed by atoms with Gasteiger partial charge in [0.15, 0.2) is 0 Å². The molecule has 1 aromatic rings. The molecule has 1 N–H and O–H groups in total. The van der Waals surface area contributed by atoms with Crippen LogP contribution in [-0.4, -0.2) is 30.4 Å². The summed E-state index contributed by atoms with van der Waals surface area (Å²) in [6, 6.07) is 2.10. The van der Waals surface area contributed by atoms with Gasteiger partial charge in [-0.3, -0.25) is 4.79 Å². The molecule has 1 unspecified atom stereocenters. The van der Waals surface area contributed by atoms with Crippen LogP contribution < -0.4 is 5.32 Å². The SMILES string of the molecule is CN(Cc1csc(Br)c1)C(=O)C1CCCCN1.Cl. The summed E-state index contributed by atoms with van der Waals surface area (Å²) in [6.45, 7) is 1.66. The number of thiophene rings is 1. The van der Waals surface area contributed by atoms with Gasteiger partial charge in [-0.1, -0.05) is 6.42 Å². The Morgan fingerprint density at radius 1 is 1.61 bits per heavy atom. The van der Waals surface area contributed by atoms with Crippen molar-refractivity contribution in [1.82, 2.24) is 10.2 Å². The summed E-state index contributed by atoms with van der Waals surface area (Å²) in [4.78, 5) is 14.0. The van der Waals surface area contributed by atoms with E-state index in [1.165, 1.54) is 12.0 Å². The number of likely N-dealkylation sites (N-methyl/N-ethyl adjacent to an activating group) is 1. The number of carbonyl (C=O) groups excluding carboxylic acids is 1. The smallest absolute Gasteiger partial charge is 0.239 e. The van der Waals surface area contributed by atoms with Gasteiger partial charge in [-0.25, -0.2) is 0 Å². The van der Waals surface area contributed by atoms with Crippen molar-refractivity contribution in [2.24, 2.45) is 0 Å². The topological polar surface area (TPSA) is 32.3 Å². The highest BCUT2D eigenvalue weighted by atomic mass is 79.9. The lowest BCUT2D eigenvalue weighted by Crippen LogP contribution is -2.46. The molecule has 1 amide bonds. The highest BCUT2D eigenvalue weighted by Gasteiger charge is 2.23. The molecule has 1 aliphatic rings. The molecule has 1 saturated heterocycles. The Hall–Kier alpha value is -0.100. The van der Waals surface area contributed by atoms with Crippen LogP contribution in [0.3, 0.4) is 0 Å². The van der Waals surface area contributed by atoms with E-state index in [2.05, 4.69) is 32.7 Å². The summed E-state index contributed by atoms with van der Waals surface area (Å²) < 4.78 is 1.11. The van der Waals surface area contributed by atoms with E-state index in [-0.39, 0.29) is 24.4 Å². The van der Waals surface area contributed by atoms with Gasteiger partial charge in [0.25, 0.3) is 0 Å². The maximum absolute atomic E-state index is 12.2. The van der Waals surface area contributed by atoms with Crippen molar-refractivity contribution in [3.8, 4) is 0 Å². The lowest BCUT2D eigenvalue weighted by atomic mass is 10.0. The summed E-state index contributed by atoms with van der Waals surface area (Å²) in [5.74, 6) is 0.215. The van der Waals surface area contributed by atoms with E-state index >= 15 is 0 Å². The number of nitrogens with one attached hydrogen (secondary N) is 1. The molecule has 3 nitrogen and oxygen atoms in total. The third-order valence-corrected chi connectivity index (χ3v) is 4.58. The molecule has 1 aliphatic heterocycles. The first-order valence-corrected chi connectivity index (χ1v) is 7.55. The Kier molecular flexibility index (Phi) is 6.63. The second-order valence-electron chi connectivity index (χ2n) is 4.46. The van der Waals surface area contributed by atoms with E-state index in [1.54, 1.807) is 11.3 Å². The van der Waals surface area contributed by atoms with E-state index in [0.29, 0.717) is 6.54 Å². The maximum Gasteiger partial charge on any atom is 0.239 e. The molecular formula is C12H18BrClN2OS. The second-order valence-corrected chi connectivity index (χ2v) is 6.75. The minimum atomic E-state index is 0. The fourth-order valence-electron chi connectivity index (χ4n) is 2.11. The molecular weight excluding hydrogens is 336 g/mol. The largest absolute Gasteiger partial charge is 0.340 e. The zero-order valence-corrected chi connectivity index (χ0v) is 13.5. The van der Waals surface area contributed by atoms with Gasteiger partial charge < -0.3 is 10.2 Å². The van der Waals surface area contributed by atoms with Crippen LogP contribution in [0.15, 0.2) is 15.2 Å². The van der Waals surface area contributed by atoms with Crippen molar-refractivity contribution in [3.05, 3.63) is 20.8 Å². The minimum absolute atomic E-state index is 0. The number of hydrogen-bond acceptors (Lipinski definition) is 3. The fraction of sp³-hybridized carbons (Fsp3) is 0.583. The maximum atomic E-state index is 12.2. The average Bonchev–Trinajstić information content (AvgIpc) is 2.75. The molecule has 2 rings (SSSR count). The Labute approximate surface area is 126 Å². The lowest BCUT2D eigenvalue weighted by molar-refractivity contribution is -0.133. The Morgan fingerprint density at radius 3 is 2.94 bits per heavy atom. The first kappa shape index (κ1) is 16.0. The lowest BCUT2D eigenvalue weighted by Gasteiger charge is -2.27. The Balaban J connectivity index is 0.00000162. The van der Waals surface area contributed by atoms with Gasteiger partial charge >= 0.3 is 0 Å². The Morgan fingerprint density at radius 2 is 2.39 bits per heavy atom. The molecule has 1 fully saturated rings. The summed E-state index contributed by atoms with van der Waals surface area (Å²) in [5, 5.41) is 5.38. The number of amides is 1. The predicted molar refractivity (Wildman–Crippen MR) is 81.4 cm³/mol. The molecule has 0 spiro atoms. The van der Waals surface area contributed by atoms with E-state index in [0.717, 1.165) is 23.2 Å². The van der Waals surface area contributed by atoms with E-state index in [4.69, 9.17) is 0 Å². The van der Waals surface area contributed by atoms with Crippen molar-refractivity contribution >= 4 is 45.6 Å². The monoisotopic (exact) mass is 352 g/mol. The number of hydrogen-bond donors (Lipinski definition) is 1. The van der Waals surface area contributed by atoms with Crippen LogP contribution in [0.5, 0.6) is 0 Å². The normalized spacial score (nSPS) is 19.1. The fourth-order valence-corrected chi connectivity index (χ4v) is 3.31. The number of halogens is 2. The van der Waals surface area contributed by atoms with E-state index < -0.39 is 0 Å². The van der Waals surface area contributed by atoms with Gasteiger partial charge in [0.1, 0.15) is 0 Å². The highest BCUT2D eigenvalue weighted by molar-refractivity contribution is 9.11. The van der Waals surface area contributed by atoms with Gasteiger partial charge in [-0.15, -0.1) is 23.7 Å². The van der Waals surface area contributed by atoms with Gasteiger partial charge in [0.2, 0.25) is 5.91 Å². The molecule has 18 heavy (non-hydrogen) atoms. The average molecular weight is 354 g/mol. The third kappa shape index (κ3) is 4.23. The summed E-state index contributed by atoms with van der Waals surface area (Å²) in [5.41, 5.74) is 1.19. The molecule has 0 radical (unpaired) electrons. The van der Waals surface area contributed by atoms with E-state index in [9.17, 15) is 4.79 Å². The summed E-state index contributed by atoms with van der Waals surface area (Å²) in [7, 11) is 1.88. The first-order chi connectivity index (χ1) is 8.16. The Bertz CT molecular complexity index is 393. The molecule has 1 aromatic heterocycles. The van der Waals surface area contributed by atoms with E-state index in [1.807, 2.05) is 11.9 Å². The number of rotatable bonds is 3. The molecule has 0 aromatic carbocycles. The van der Waals surface area contributed by atoms with Crippen molar-refractivity contribution < 1.29 is 4.79 Å². The molecule has 2 heterocycles. The van der Waals surface area contributed by atoms with Crippen LogP contribution in [0.4, 0.5) is 0 Å². The summed E-state index contributed by atoms with van der Waals surface area (Å²) >= 11 is 5.10. The molecule has 0 bridgehead atoms. The van der Waals surface area contributed by atoms with Crippen LogP contribution in [-0.2, 0) is 11.3 Å². The third-order valence-electron chi connectivity index (χ3n) is 3.03. The van der Waals surface area contributed by atoms with Gasteiger partial charge in [0.05, 0.1) is 9.83 Å². The van der Waals surface area contributed by atoms with Gasteiger partial charge in [0, 0.05) is 13.6 Å². The second kappa shape index (κ2) is 7.48. The highest BCUT2D eigenvalue weighted by Crippen LogP contribution is 2.22. The zero-order chi connectivity index (χ0) is 12.3. The number of nitrogens with zero attached hydrogens (tertiary/aromatic N) is 1. The van der Waals surface area contributed by atoms with Crippen LogP contribution in [0.2, 0.25) is 0 Å². The van der Waals surface area contributed by atoms with Crippen LogP contribution in [0, 0.1) is 0 Å². The summed E-state index contributed by atoms with van der Waals surface area (Å²) in [6.07, 6.45) is 3.31. The molecule has 102 valence electrons.